The van der Waals surface area contributed by atoms with E-state index in [4.69, 9.17) is 4.74 Å². The Bertz CT molecular complexity index is 692. The molecule has 27 heavy (non-hydrogen) atoms. The summed E-state index contributed by atoms with van der Waals surface area (Å²) in [5.74, 6) is 1.47. The van der Waals surface area contributed by atoms with Crippen LogP contribution in [0.4, 0.5) is 0 Å². The molecule has 2 N–H and O–H groups in total. The van der Waals surface area contributed by atoms with Gasteiger partial charge in [0.05, 0.1) is 18.2 Å². The molecule has 0 amide bonds. The topological polar surface area (TPSA) is 71.4 Å². The number of aryl methyl sites for hydroxylation is 1. The molecule has 8 heteroatoms. The Morgan fingerprint density at radius 3 is 2.78 bits per heavy atom. The molecule has 0 atom stereocenters. The van der Waals surface area contributed by atoms with Gasteiger partial charge in [0.25, 0.3) is 0 Å². The van der Waals surface area contributed by atoms with Crippen molar-refractivity contribution < 1.29 is 4.74 Å². The van der Waals surface area contributed by atoms with Crippen molar-refractivity contribution in [2.75, 3.05) is 19.7 Å². The Hall–Kier alpha value is -1.42. The van der Waals surface area contributed by atoms with Crippen LogP contribution in [0.5, 0.6) is 5.88 Å². The number of nitrogens with one attached hydrogen (secondary N) is 2. The maximum atomic E-state index is 5.70. The first kappa shape index (κ1) is 23.6. The fourth-order valence-corrected chi connectivity index (χ4v) is 3.16. The van der Waals surface area contributed by atoms with Gasteiger partial charge in [-0.25, -0.2) is 15.0 Å². The summed E-state index contributed by atoms with van der Waals surface area (Å²) < 4.78 is 5.70. The summed E-state index contributed by atoms with van der Waals surface area (Å²) in [5.41, 5.74) is 0.991. The summed E-state index contributed by atoms with van der Waals surface area (Å²) in [7, 11) is 0. The monoisotopic (exact) mass is 503 g/mol. The third kappa shape index (κ3) is 8.42. The van der Waals surface area contributed by atoms with Gasteiger partial charge in [-0.1, -0.05) is 19.9 Å². The zero-order valence-corrected chi connectivity index (χ0v) is 19.5. The van der Waals surface area contributed by atoms with Crippen LogP contribution in [0.3, 0.4) is 0 Å². The van der Waals surface area contributed by atoms with Crippen molar-refractivity contribution in [3.63, 3.8) is 0 Å². The first-order valence-corrected chi connectivity index (χ1v) is 10.1. The van der Waals surface area contributed by atoms with Gasteiger partial charge in [-0.15, -0.1) is 35.3 Å². The molecule has 0 aromatic carbocycles. The van der Waals surface area contributed by atoms with Crippen molar-refractivity contribution in [3.05, 3.63) is 40.0 Å². The second kappa shape index (κ2) is 13.7. The average molecular weight is 503 g/mol. The van der Waals surface area contributed by atoms with Crippen LogP contribution in [0.2, 0.25) is 0 Å². The van der Waals surface area contributed by atoms with Crippen molar-refractivity contribution in [1.29, 1.82) is 0 Å². The number of pyridine rings is 1. The number of guanidine groups is 1. The average Bonchev–Trinajstić information content (AvgIpc) is 3.13. The molecule has 2 aromatic heterocycles. The predicted molar refractivity (Wildman–Crippen MR) is 123 cm³/mol. The second-order valence-electron chi connectivity index (χ2n) is 5.76. The van der Waals surface area contributed by atoms with Crippen LogP contribution in [0.1, 0.15) is 42.6 Å². The van der Waals surface area contributed by atoms with Crippen molar-refractivity contribution in [3.8, 4) is 5.88 Å². The molecule has 2 rings (SSSR count). The molecule has 150 valence electrons. The van der Waals surface area contributed by atoms with Crippen molar-refractivity contribution in [2.45, 2.75) is 46.6 Å². The first-order valence-electron chi connectivity index (χ1n) is 9.29. The van der Waals surface area contributed by atoms with E-state index in [1.807, 2.05) is 18.3 Å². The molecule has 0 aliphatic rings. The smallest absolute Gasteiger partial charge is 0.218 e. The lowest BCUT2D eigenvalue weighted by Gasteiger charge is -2.12. The molecule has 6 nitrogen and oxygen atoms in total. The van der Waals surface area contributed by atoms with E-state index in [-0.39, 0.29) is 24.0 Å². The quantitative estimate of drug-likeness (QED) is 0.293. The molecule has 0 spiro atoms. The van der Waals surface area contributed by atoms with Crippen molar-refractivity contribution in [1.82, 2.24) is 20.6 Å². The van der Waals surface area contributed by atoms with E-state index in [9.17, 15) is 0 Å². The van der Waals surface area contributed by atoms with E-state index >= 15 is 0 Å². The first-order chi connectivity index (χ1) is 12.8. The van der Waals surface area contributed by atoms with Gasteiger partial charge in [-0.3, -0.25) is 0 Å². The Morgan fingerprint density at radius 1 is 1.22 bits per heavy atom. The van der Waals surface area contributed by atoms with Gasteiger partial charge >= 0.3 is 0 Å². The summed E-state index contributed by atoms with van der Waals surface area (Å²) in [6, 6.07) is 3.92. The van der Waals surface area contributed by atoms with E-state index in [1.54, 1.807) is 17.5 Å². The minimum atomic E-state index is 0. The Morgan fingerprint density at radius 2 is 2.07 bits per heavy atom. The van der Waals surface area contributed by atoms with Gasteiger partial charge in [0.2, 0.25) is 5.88 Å². The minimum Gasteiger partial charge on any atom is -0.477 e. The lowest BCUT2D eigenvalue weighted by atomic mass is 10.3. The van der Waals surface area contributed by atoms with E-state index in [0.29, 0.717) is 19.0 Å². The molecular weight excluding hydrogens is 473 g/mol. The molecule has 2 aromatic rings. The standard InChI is InChI=1S/C19H29N5OS.HI/c1-4-12-25-18-15(8-7-10-21-18)13-24-19(20-6-3)22-11-9-17-23-14-16(5-2)26-17;/h7-8,10,14H,4-6,9,11-13H2,1-3H3,(H2,20,22,24);1H. The number of nitrogens with zero attached hydrogens (tertiary/aromatic N) is 3. The van der Waals surface area contributed by atoms with Crippen LogP contribution in [-0.4, -0.2) is 35.6 Å². The molecule has 0 fully saturated rings. The van der Waals surface area contributed by atoms with Crippen LogP contribution in [0, 0.1) is 0 Å². The molecule has 0 radical (unpaired) electrons. The summed E-state index contributed by atoms with van der Waals surface area (Å²) in [5, 5.41) is 7.81. The number of aliphatic imine (C=N–C) groups is 1. The fraction of sp³-hybridized carbons (Fsp3) is 0.526. The van der Waals surface area contributed by atoms with Crippen molar-refractivity contribution >= 4 is 41.3 Å². The van der Waals surface area contributed by atoms with E-state index in [2.05, 4.69) is 46.4 Å². The van der Waals surface area contributed by atoms with E-state index in [1.165, 1.54) is 4.88 Å². The number of halogens is 1. The molecule has 0 aliphatic heterocycles. The van der Waals surface area contributed by atoms with Crippen LogP contribution in [-0.2, 0) is 19.4 Å². The lowest BCUT2D eigenvalue weighted by Crippen LogP contribution is -2.38. The number of hydrogen-bond donors (Lipinski definition) is 2. The number of rotatable bonds is 10. The van der Waals surface area contributed by atoms with Crippen LogP contribution < -0.4 is 15.4 Å². The van der Waals surface area contributed by atoms with Crippen LogP contribution in [0.25, 0.3) is 0 Å². The Balaban J connectivity index is 0.00000364. The normalized spacial score (nSPS) is 11.0. The highest BCUT2D eigenvalue weighted by Crippen LogP contribution is 2.16. The largest absolute Gasteiger partial charge is 0.477 e. The lowest BCUT2D eigenvalue weighted by molar-refractivity contribution is 0.302. The molecule has 0 saturated heterocycles. The van der Waals surface area contributed by atoms with Gasteiger partial charge in [0.1, 0.15) is 0 Å². The van der Waals surface area contributed by atoms with Crippen molar-refractivity contribution in [2.24, 2.45) is 4.99 Å². The van der Waals surface area contributed by atoms with Gasteiger partial charge in [-0.05, 0) is 25.8 Å². The summed E-state index contributed by atoms with van der Waals surface area (Å²) in [6.07, 6.45) is 6.62. The Kier molecular flexibility index (Phi) is 12.0. The van der Waals surface area contributed by atoms with Gasteiger partial charge in [-0.2, -0.15) is 0 Å². The third-order valence-electron chi connectivity index (χ3n) is 3.63. The van der Waals surface area contributed by atoms with Gasteiger partial charge in [0.15, 0.2) is 5.96 Å². The fourth-order valence-electron chi connectivity index (χ4n) is 2.29. The van der Waals surface area contributed by atoms with Gasteiger partial charge in [0, 0.05) is 42.3 Å². The molecular formula is C19H30IN5OS. The summed E-state index contributed by atoms with van der Waals surface area (Å²) in [6.45, 7) is 9.11. The maximum Gasteiger partial charge on any atom is 0.218 e. The van der Waals surface area contributed by atoms with Gasteiger partial charge < -0.3 is 15.4 Å². The number of thiazole rings is 1. The minimum absolute atomic E-state index is 0. The highest BCUT2D eigenvalue weighted by Gasteiger charge is 2.05. The highest BCUT2D eigenvalue weighted by atomic mass is 127. The molecule has 0 unspecified atom stereocenters. The summed E-state index contributed by atoms with van der Waals surface area (Å²) >= 11 is 1.78. The molecule has 0 aliphatic carbocycles. The van der Waals surface area contributed by atoms with E-state index in [0.717, 1.165) is 48.9 Å². The molecule has 2 heterocycles. The predicted octanol–water partition coefficient (Wildman–Crippen LogP) is 3.81. The van der Waals surface area contributed by atoms with Crippen LogP contribution in [0.15, 0.2) is 29.5 Å². The number of hydrogen-bond acceptors (Lipinski definition) is 5. The number of ether oxygens (including phenoxy) is 1. The number of aromatic nitrogens is 2. The maximum absolute atomic E-state index is 5.70. The van der Waals surface area contributed by atoms with Crippen LogP contribution >= 0.6 is 35.3 Å². The zero-order valence-electron chi connectivity index (χ0n) is 16.3. The third-order valence-corrected chi connectivity index (χ3v) is 4.83. The van der Waals surface area contributed by atoms with E-state index < -0.39 is 0 Å². The summed E-state index contributed by atoms with van der Waals surface area (Å²) in [4.78, 5) is 14.8. The molecule has 0 saturated carbocycles. The second-order valence-corrected chi connectivity index (χ2v) is 6.96. The molecule has 0 bridgehead atoms. The SMILES string of the molecule is CCCOc1ncccc1CN=C(NCC)NCCc1ncc(CC)s1.I. The highest BCUT2D eigenvalue weighted by molar-refractivity contribution is 14.0. The Labute approximate surface area is 183 Å². The zero-order chi connectivity index (χ0) is 18.6.